The monoisotopic (exact) mass is 437 g/mol. The standard InChI is InChI=1S/C22H16BrNO2S/c23-19-11-13-20(14-12-19)27(25,26)24-22-8-4-3-7-21(22)18-10-9-16-5-1-2-6-17(16)15-18/h1-15,24H. The van der Waals surface area contributed by atoms with Crippen molar-refractivity contribution in [2.45, 2.75) is 4.90 Å². The van der Waals surface area contributed by atoms with Crippen LogP contribution in [0.4, 0.5) is 5.69 Å². The minimum Gasteiger partial charge on any atom is -0.279 e. The fourth-order valence-corrected chi connectivity index (χ4v) is 4.34. The highest BCUT2D eigenvalue weighted by Gasteiger charge is 2.16. The molecule has 0 amide bonds. The van der Waals surface area contributed by atoms with E-state index in [0.717, 1.165) is 26.4 Å². The Morgan fingerprint density at radius 3 is 2.15 bits per heavy atom. The van der Waals surface area contributed by atoms with Crippen molar-refractivity contribution in [2.24, 2.45) is 0 Å². The highest BCUT2D eigenvalue weighted by Crippen LogP contribution is 2.31. The predicted octanol–water partition coefficient (Wildman–Crippen LogP) is 6.07. The van der Waals surface area contributed by atoms with E-state index in [4.69, 9.17) is 0 Å². The molecule has 1 N–H and O–H groups in total. The lowest BCUT2D eigenvalue weighted by molar-refractivity contribution is 0.601. The Morgan fingerprint density at radius 1 is 0.704 bits per heavy atom. The Hall–Kier alpha value is -2.63. The summed E-state index contributed by atoms with van der Waals surface area (Å²) in [6.45, 7) is 0. The molecule has 0 saturated heterocycles. The molecule has 0 radical (unpaired) electrons. The van der Waals surface area contributed by atoms with Crippen LogP contribution in [-0.2, 0) is 10.0 Å². The maximum absolute atomic E-state index is 12.8. The Kier molecular flexibility index (Phi) is 4.72. The van der Waals surface area contributed by atoms with Gasteiger partial charge in [-0.2, -0.15) is 0 Å². The molecule has 0 fully saturated rings. The third kappa shape index (κ3) is 3.75. The Balaban J connectivity index is 1.75. The van der Waals surface area contributed by atoms with Crippen molar-refractivity contribution >= 4 is 42.4 Å². The van der Waals surface area contributed by atoms with Crippen LogP contribution in [0.15, 0.2) is 100 Å². The van der Waals surface area contributed by atoms with Gasteiger partial charge in [0.15, 0.2) is 0 Å². The summed E-state index contributed by atoms with van der Waals surface area (Å²) in [6, 6.07) is 28.2. The van der Waals surface area contributed by atoms with E-state index in [1.54, 1.807) is 30.3 Å². The van der Waals surface area contributed by atoms with Gasteiger partial charge < -0.3 is 0 Å². The molecule has 0 saturated carbocycles. The molecule has 0 unspecified atom stereocenters. The molecule has 0 bridgehead atoms. The fourth-order valence-electron chi connectivity index (χ4n) is 3.00. The summed E-state index contributed by atoms with van der Waals surface area (Å²) in [5.41, 5.74) is 2.35. The first-order chi connectivity index (χ1) is 13.0. The number of halogens is 1. The molecule has 27 heavy (non-hydrogen) atoms. The quantitative estimate of drug-likeness (QED) is 0.420. The van der Waals surface area contributed by atoms with Crippen molar-refractivity contribution in [3.05, 3.63) is 95.5 Å². The van der Waals surface area contributed by atoms with Gasteiger partial charge in [-0.15, -0.1) is 0 Å². The van der Waals surface area contributed by atoms with E-state index in [-0.39, 0.29) is 4.90 Å². The van der Waals surface area contributed by atoms with Gasteiger partial charge in [-0.3, -0.25) is 4.72 Å². The lowest BCUT2D eigenvalue weighted by atomic mass is 10.0. The highest BCUT2D eigenvalue weighted by atomic mass is 79.9. The third-order valence-electron chi connectivity index (χ3n) is 4.36. The van der Waals surface area contributed by atoms with E-state index in [1.807, 2.05) is 48.5 Å². The van der Waals surface area contributed by atoms with E-state index in [0.29, 0.717) is 5.69 Å². The molecule has 4 aromatic carbocycles. The summed E-state index contributed by atoms with van der Waals surface area (Å²) in [5.74, 6) is 0. The van der Waals surface area contributed by atoms with E-state index in [9.17, 15) is 8.42 Å². The van der Waals surface area contributed by atoms with Gasteiger partial charge >= 0.3 is 0 Å². The zero-order valence-electron chi connectivity index (χ0n) is 14.3. The smallest absolute Gasteiger partial charge is 0.261 e. The largest absolute Gasteiger partial charge is 0.279 e. The van der Waals surface area contributed by atoms with Crippen LogP contribution in [0.3, 0.4) is 0 Å². The predicted molar refractivity (Wildman–Crippen MR) is 114 cm³/mol. The van der Waals surface area contributed by atoms with E-state index in [1.165, 1.54) is 0 Å². The number of benzene rings is 4. The van der Waals surface area contributed by atoms with Crippen LogP contribution < -0.4 is 4.72 Å². The van der Waals surface area contributed by atoms with Gasteiger partial charge in [-0.1, -0.05) is 70.5 Å². The SMILES string of the molecule is O=S(=O)(Nc1ccccc1-c1ccc2ccccc2c1)c1ccc(Br)cc1. The molecular weight excluding hydrogens is 422 g/mol. The van der Waals surface area contributed by atoms with Crippen molar-refractivity contribution in [2.75, 3.05) is 4.72 Å². The maximum Gasteiger partial charge on any atom is 0.261 e. The second kappa shape index (κ2) is 7.18. The molecule has 0 heterocycles. The Morgan fingerprint density at radius 2 is 1.37 bits per heavy atom. The first-order valence-corrected chi connectivity index (χ1v) is 10.7. The zero-order chi connectivity index (χ0) is 18.9. The molecule has 4 rings (SSSR count). The van der Waals surface area contributed by atoms with Crippen LogP contribution in [0.25, 0.3) is 21.9 Å². The summed E-state index contributed by atoms with van der Waals surface area (Å²) >= 11 is 3.33. The number of anilines is 1. The van der Waals surface area contributed by atoms with Crippen molar-refractivity contribution in [1.82, 2.24) is 0 Å². The number of sulfonamides is 1. The van der Waals surface area contributed by atoms with E-state index < -0.39 is 10.0 Å². The molecule has 0 spiro atoms. The lowest BCUT2D eigenvalue weighted by Gasteiger charge is -2.13. The maximum atomic E-state index is 12.8. The average Bonchev–Trinajstić information content (AvgIpc) is 2.68. The third-order valence-corrected chi connectivity index (χ3v) is 6.27. The van der Waals surface area contributed by atoms with Gasteiger partial charge in [0.2, 0.25) is 0 Å². The summed E-state index contributed by atoms with van der Waals surface area (Å²) in [5, 5.41) is 2.26. The summed E-state index contributed by atoms with van der Waals surface area (Å²) in [6.07, 6.45) is 0. The normalized spacial score (nSPS) is 11.4. The number of rotatable bonds is 4. The topological polar surface area (TPSA) is 46.2 Å². The lowest BCUT2D eigenvalue weighted by Crippen LogP contribution is -2.13. The molecule has 0 aliphatic heterocycles. The van der Waals surface area contributed by atoms with Crippen LogP contribution in [0.2, 0.25) is 0 Å². The molecule has 0 aliphatic rings. The van der Waals surface area contributed by atoms with Crippen LogP contribution in [0.5, 0.6) is 0 Å². The van der Waals surface area contributed by atoms with Gasteiger partial charge in [0.05, 0.1) is 10.6 Å². The molecule has 3 nitrogen and oxygen atoms in total. The van der Waals surface area contributed by atoms with Gasteiger partial charge in [0, 0.05) is 10.0 Å². The number of nitrogens with one attached hydrogen (secondary N) is 1. The van der Waals surface area contributed by atoms with E-state index in [2.05, 4.69) is 32.8 Å². The summed E-state index contributed by atoms with van der Waals surface area (Å²) < 4.78 is 29.1. The Bertz CT molecular complexity index is 1220. The molecule has 0 atom stereocenters. The van der Waals surface area contributed by atoms with Crippen molar-refractivity contribution in [1.29, 1.82) is 0 Å². The number of fused-ring (bicyclic) bond motifs is 1. The van der Waals surface area contributed by atoms with Gasteiger partial charge in [0.25, 0.3) is 10.0 Å². The first-order valence-electron chi connectivity index (χ1n) is 8.39. The molecule has 0 aliphatic carbocycles. The highest BCUT2D eigenvalue weighted by molar-refractivity contribution is 9.10. The van der Waals surface area contributed by atoms with Crippen molar-refractivity contribution in [3.63, 3.8) is 0 Å². The first kappa shape index (κ1) is 17.8. The minimum absolute atomic E-state index is 0.221. The van der Waals surface area contributed by atoms with Gasteiger partial charge in [0.1, 0.15) is 0 Å². The summed E-state index contributed by atoms with van der Waals surface area (Å²) in [4.78, 5) is 0.221. The molecule has 4 aromatic rings. The summed E-state index contributed by atoms with van der Waals surface area (Å²) in [7, 11) is -3.67. The molecule has 134 valence electrons. The van der Waals surface area contributed by atoms with Crippen molar-refractivity contribution in [3.8, 4) is 11.1 Å². The number of hydrogen-bond donors (Lipinski definition) is 1. The minimum atomic E-state index is -3.67. The Labute approximate surface area is 166 Å². The van der Waals surface area contributed by atoms with Crippen LogP contribution in [-0.4, -0.2) is 8.42 Å². The van der Waals surface area contributed by atoms with Crippen LogP contribution in [0, 0.1) is 0 Å². The second-order valence-electron chi connectivity index (χ2n) is 6.17. The average molecular weight is 438 g/mol. The van der Waals surface area contributed by atoms with E-state index >= 15 is 0 Å². The zero-order valence-corrected chi connectivity index (χ0v) is 16.7. The fraction of sp³-hybridized carbons (Fsp3) is 0. The van der Waals surface area contributed by atoms with Crippen LogP contribution >= 0.6 is 15.9 Å². The molecule has 5 heteroatoms. The molecular formula is C22H16BrNO2S. The van der Waals surface area contributed by atoms with Gasteiger partial charge in [-0.25, -0.2) is 8.42 Å². The molecule has 0 aromatic heterocycles. The second-order valence-corrected chi connectivity index (χ2v) is 8.77. The number of hydrogen-bond acceptors (Lipinski definition) is 2. The van der Waals surface area contributed by atoms with Crippen LogP contribution in [0.1, 0.15) is 0 Å². The van der Waals surface area contributed by atoms with Crippen molar-refractivity contribution < 1.29 is 8.42 Å². The van der Waals surface area contributed by atoms with Gasteiger partial charge in [-0.05, 0) is 52.7 Å². The number of para-hydroxylation sites is 1.